The van der Waals surface area contributed by atoms with Crippen LogP contribution in [0.1, 0.15) is 31.9 Å². The van der Waals surface area contributed by atoms with E-state index < -0.39 is 0 Å². The highest BCUT2D eigenvalue weighted by Gasteiger charge is 2.12. The molecule has 0 bridgehead atoms. The molecular weight excluding hydrogens is 333 g/mol. The van der Waals surface area contributed by atoms with Crippen LogP contribution in [0.15, 0.2) is 30.4 Å². The maximum Gasteiger partial charge on any atom is 0.0542 e. The Morgan fingerprint density at radius 3 is 2.75 bits per heavy atom. The molecule has 1 atom stereocenters. The van der Waals surface area contributed by atoms with E-state index >= 15 is 0 Å². The van der Waals surface area contributed by atoms with Crippen LogP contribution in [0, 0.1) is 3.57 Å². The van der Waals surface area contributed by atoms with E-state index in [1.54, 1.807) is 0 Å². The number of benzene rings is 1. The van der Waals surface area contributed by atoms with Gasteiger partial charge in [-0.25, -0.2) is 0 Å². The van der Waals surface area contributed by atoms with E-state index in [0.29, 0.717) is 0 Å². The highest BCUT2D eigenvalue weighted by atomic mass is 127. The fourth-order valence-corrected chi connectivity index (χ4v) is 2.08. The minimum Gasteiger partial charge on any atom is -0.307 e. The quantitative estimate of drug-likeness (QED) is 0.607. The smallest absolute Gasteiger partial charge is 0.0542 e. The largest absolute Gasteiger partial charge is 0.307 e. The van der Waals surface area contributed by atoms with Crippen molar-refractivity contribution < 1.29 is 0 Å². The molecule has 0 saturated heterocycles. The Morgan fingerprint density at radius 2 is 2.25 bits per heavy atom. The Morgan fingerprint density at radius 1 is 1.56 bits per heavy atom. The van der Waals surface area contributed by atoms with Gasteiger partial charge in [0.2, 0.25) is 0 Å². The Kier molecular flexibility index (Phi) is 5.79. The van der Waals surface area contributed by atoms with Crippen LogP contribution in [-0.2, 0) is 0 Å². The lowest BCUT2D eigenvalue weighted by atomic mass is 10.0. The molecule has 0 radical (unpaired) electrons. The molecule has 1 aromatic rings. The molecule has 0 fully saturated rings. The van der Waals surface area contributed by atoms with Gasteiger partial charge in [-0.05, 0) is 60.2 Å². The third kappa shape index (κ3) is 3.75. The zero-order valence-corrected chi connectivity index (χ0v) is 12.6. The monoisotopic (exact) mass is 349 g/mol. The fraction of sp³-hybridized carbons (Fsp3) is 0.385. The van der Waals surface area contributed by atoms with Gasteiger partial charge in [0.15, 0.2) is 0 Å². The first-order valence-electron chi connectivity index (χ1n) is 5.40. The summed E-state index contributed by atoms with van der Waals surface area (Å²) in [5.41, 5.74) is 2.30. The van der Waals surface area contributed by atoms with Crippen LogP contribution in [0.3, 0.4) is 0 Å². The molecule has 1 nitrogen and oxygen atoms in total. The van der Waals surface area contributed by atoms with Crippen molar-refractivity contribution in [2.75, 3.05) is 6.54 Å². The molecule has 0 spiro atoms. The molecule has 1 unspecified atom stereocenters. The van der Waals surface area contributed by atoms with Crippen molar-refractivity contribution in [1.82, 2.24) is 5.32 Å². The molecule has 1 N–H and O–H groups in total. The first kappa shape index (κ1) is 14.0. The first-order valence-corrected chi connectivity index (χ1v) is 6.85. The highest BCUT2D eigenvalue weighted by molar-refractivity contribution is 14.1. The van der Waals surface area contributed by atoms with Gasteiger partial charge in [-0.3, -0.25) is 0 Å². The summed E-state index contributed by atoms with van der Waals surface area (Å²) in [4.78, 5) is 0. The van der Waals surface area contributed by atoms with Gasteiger partial charge < -0.3 is 5.32 Å². The van der Waals surface area contributed by atoms with E-state index in [9.17, 15) is 0 Å². The molecule has 0 heterocycles. The summed E-state index contributed by atoms with van der Waals surface area (Å²) < 4.78 is 1.08. The van der Waals surface area contributed by atoms with Gasteiger partial charge in [0.1, 0.15) is 0 Å². The van der Waals surface area contributed by atoms with Crippen molar-refractivity contribution in [2.24, 2.45) is 0 Å². The van der Waals surface area contributed by atoms with Gasteiger partial charge in [0.05, 0.1) is 11.1 Å². The summed E-state index contributed by atoms with van der Waals surface area (Å²) in [6.45, 7) is 9.21. The van der Waals surface area contributed by atoms with Crippen molar-refractivity contribution in [3.8, 4) is 0 Å². The minimum absolute atomic E-state index is 0.203. The number of hydrogen-bond acceptors (Lipinski definition) is 1. The van der Waals surface area contributed by atoms with E-state index in [-0.39, 0.29) is 6.04 Å². The predicted octanol–water partition coefficient (Wildman–Crippen LogP) is 4.56. The zero-order chi connectivity index (χ0) is 12.1. The highest BCUT2D eigenvalue weighted by Crippen LogP contribution is 2.26. The molecule has 1 aromatic carbocycles. The van der Waals surface area contributed by atoms with Gasteiger partial charge >= 0.3 is 0 Å². The van der Waals surface area contributed by atoms with Crippen molar-refractivity contribution in [3.05, 3.63) is 44.5 Å². The van der Waals surface area contributed by atoms with Crippen molar-refractivity contribution in [2.45, 2.75) is 26.3 Å². The van der Waals surface area contributed by atoms with E-state index in [1.165, 1.54) is 5.56 Å². The van der Waals surface area contributed by atoms with Gasteiger partial charge in [-0.15, -0.1) is 0 Å². The molecule has 0 amide bonds. The molecule has 1 rings (SSSR count). The van der Waals surface area contributed by atoms with Crippen LogP contribution in [0.2, 0.25) is 5.02 Å². The average molecular weight is 350 g/mol. The number of hydrogen-bond donors (Lipinski definition) is 1. The van der Waals surface area contributed by atoms with E-state index in [2.05, 4.69) is 47.5 Å². The van der Waals surface area contributed by atoms with Gasteiger partial charge in [-0.2, -0.15) is 0 Å². The number of rotatable bonds is 5. The average Bonchev–Trinajstić information content (AvgIpc) is 2.23. The van der Waals surface area contributed by atoms with Crippen molar-refractivity contribution in [1.29, 1.82) is 0 Å². The maximum absolute atomic E-state index is 6.13. The Balaban J connectivity index is 2.92. The zero-order valence-electron chi connectivity index (χ0n) is 9.69. The standard InChI is InChI=1S/C13H17ClIN/c1-4-7-16-13(9(2)3)10-5-6-12(15)11(14)8-10/h5-6,8,13,16H,2,4,7H2,1,3H3. The molecule has 0 aliphatic heterocycles. The summed E-state index contributed by atoms with van der Waals surface area (Å²) in [5.74, 6) is 0. The number of halogens is 2. The van der Waals surface area contributed by atoms with Gasteiger partial charge in [0.25, 0.3) is 0 Å². The molecular formula is C13H17ClIN. The lowest BCUT2D eigenvalue weighted by Crippen LogP contribution is -2.22. The summed E-state index contributed by atoms with van der Waals surface area (Å²) in [6.07, 6.45) is 1.11. The number of nitrogens with one attached hydrogen (secondary N) is 1. The van der Waals surface area contributed by atoms with Crippen LogP contribution in [0.25, 0.3) is 0 Å². The van der Waals surface area contributed by atoms with Crippen LogP contribution in [-0.4, -0.2) is 6.54 Å². The third-order valence-electron chi connectivity index (χ3n) is 2.37. The second-order valence-corrected chi connectivity index (χ2v) is 5.48. The van der Waals surface area contributed by atoms with Crippen LogP contribution in [0.5, 0.6) is 0 Å². The van der Waals surface area contributed by atoms with Gasteiger partial charge in [-0.1, -0.05) is 36.7 Å². The van der Waals surface area contributed by atoms with Crippen LogP contribution >= 0.6 is 34.2 Å². The SMILES string of the molecule is C=C(C)C(NCCC)c1ccc(I)c(Cl)c1. The summed E-state index contributed by atoms with van der Waals surface area (Å²) in [6, 6.07) is 6.37. The van der Waals surface area contributed by atoms with Gasteiger partial charge in [0, 0.05) is 3.57 Å². The summed E-state index contributed by atoms with van der Waals surface area (Å²) in [7, 11) is 0. The second-order valence-electron chi connectivity index (χ2n) is 3.91. The lowest BCUT2D eigenvalue weighted by molar-refractivity contribution is 0.591. The molecule has 0 aliphatic carbocycles. The van der Waals surface area contributed by atoms with Crippen molar-refractivity contribution in [3.63, 3.8) is 0 Å². The Bertz CT molecular complexity index is 376. The van der Waals surface area contributed by atoms with E-state index in [4.69, 9.17) is 11.6 Å². The third-order valence-corrected chi connectivity index (χ3v) is 3.94. The van der Waals surface area contributed by atoms with Crippen LogP contribution < -0.4 is 5.32 Å². The summed E-state index contributed by atoms with van der Waals surface area (Å²) in [5, 5.41) is 4.28. The van der Waals surface area contributed by atoms with E-state index in [0.717, 1.165) is 27.1 Å². The maximum atomic E-state index is 6.13. The lowest BCUT2D eigenvalue weighted by Gasteiger charge is -2.19. The minimum atomic E-state index is 0.203. The first-order chi connectivity index (χ1) is 7.56. The Labute approximate surface area is 116 Å². The predicted molar refractivity (Wildman–Crippen MR) is 80.0 cm³/mol. The second kappa shape index (κ2) is 6.62. The van der Waals surface area contributed by atoms with Crippen LogP contribution in [0.4, 0.5) is 0 Å². The fourth-order valence-electron chi connectivity index (χ4n) is 1.56. The topological polar surface area (TPSA) is 12.0 Å². The van der Waals surface area contributed by atoms with E-state index in [1.807, 2.05) is 19.1 Å². The Hall–Kier alpha value is -0.0600. The molecule has 0 aliphatic rings. The summed E-state index contributed by atoms with van der Waals surface area (Å²) >= 11 is 8.37. The molecule has 3 heteroatoms. The molecule has 88 valence electrons. The molecule has 0 aromatic heterocycles. The molecule has 0 saturated carbocycles. The normalized spacial score (nSPS) is 12.5. The van der Waals surface area contributed by atoms with Crippen molar-refractivity contribution >= 4 is 34.2 Å². The molecule has 16 heavy (non-hydrogen) atoms.